The Morgan fingerprint density at radius 1 is 1.11 bits per heavy atom. The SMILES string of the molecule is C=CC1CC[C@H]2[C@@H]3CC=C4C[C@@H](OC5C[C@@H](C)[C@@H](O)[C@@H](O)[C@@H]5OC(C)=O)CC[C@]4(C)C3CC[C@]12C. The van der Waals surface area contributed by atoms with Gasteiger partial charge in [-0.2, -0.15) is 0 Å². The Hall–Kier alpha value is -1.17. The predicted molar refractivity (Wildman–Crippen MR) is 135 cm³/mol. The van der Waals surface area contributed by atoms with E-state index in [4.69, 9.17) is 9.47 Å². The first-order valence-corrected chi connectivity index (χ1v) is 14.1. The summed E-state index contributed by atoms with van der Waals surface area (Å²) in [6.07, 6.45) is 11.8. The molecule has 3 unspecified atom stereocenters. The second-order valence-electron chi connectivity index (χ2n) is 13.0. The molecule has 0 heterocycles. The molecule has 4 fully saturated rings. The van der Waals surface area contributed by atoms with Gasteiger partial charge in [-0.3, -0.25) is 4.79 Å². The minimum Gasteiger partial charge on any atom is -0.457 e. The van der Waals surface area contributed by atoms with Gasteiger partial charge in [0.15, 0.2) is 6.10 Å². The molecule has 12 atom stereocenters. The maximum atomic E-state index is 11.7. The van der Waals surface area contributed by atoms with Crippen molar-refractivity contribution >= 4 is 5.97 Å². The van der Waals surface area contributed by atoms with Crippen LogP contribution in [-0.4, -0.2) is 46.7 Å². The zero-order chi connectivity index (χ0) is 25.1. The summed E-state index contributed by atoms with van der Waals surface area (Å²) in [5.74, 6) is 2.48. The molecule has 5 heteroatoms. The normalized spacial score (nSPS) is 51.4. The fraction of sp³-hybridized carbons (Fsp3) is 0.833. The van der Waals surface area contributed by atoms with Crippen molar-refractivity contribution < 1.29 is 24.5 Å². The maximum Gasteiger partial charge on any atom is 0.303 e. The van der Waals surface area contributed by atoms with Crippen molar-refractivity contribution in [2.45, 2.75) is 116 Å². The minimum absolute atomic E-state index is 0.0639. The van der Waals surface area contributed by atoms with Crippen molar-refractivity contribution in [3.05, 3.63) is 24.3 Å². The average Bonchev–Trinajstić information content (AvgIpc) is 3.16. The summed E-state index contributed by atoms with van der Waals surface area (Å²) >= 11 is 0. The topological polar surface area (TPSA) is 76.0 Å². The minimum atomic E-state index is -1.11. The van der Waals surface area contributed by atoms with E-state index in [0.29, 0.717) is 17.8 Å². The van der Waals surface area contributed by atoms with Crippen molar-refractivity contribution in [3.63, 3.8) is 0 Å². The van der Waals surface area contributed by atoms with E-state index >= 15 is 0 Å². The van der Waals surface area contributed by atoms with Crippen molar-refractivity contribution in [1.82, 2.24) is 0 Å². The van der Waals surface area contributed by atoms with Gasteiger partial charge in [0.2, 0.25) is 0 Å². The van der Waals surface area contributed by atoms with Gasteiger partial charge in [0.1, 0.15) is 6.10 Å². The Morgan fingerprint density at radius 3 is 2.60 bits per heavy atom. The number of aliphatic hydroxyl groups excluding tert-OH is 2. The van der Waals surface area contributed by atoms with Crippen LogP contribution in [-0.2, 0) is 14.3 Å². The zero-order valence-corrected chi connectivity index (χ0v) is 22.1. The summed E-state index contributed by atoms with van der Waals surface area (Å²) in [7, 11) is 0. The number of aliphatic hydroxyl groups is 2. The molecule has 4 saturated carbocycles. The van der Waals surface area contributed by atoms with E-state index in [2.05, 4.69) is 32.6 Å². The molecule has 0 aromatic rings. The van der Waals surface area contributed by atoms with Crippen LogP contribution in [0, 0.1) is 40.4 Å². The van der Waals surface area contributed by atoms with E-state index in [1.54, 1.807) is 5.57 Å². The van der Waals surface area contributed by atoms with Crippen LogP contribution in [0.2, 0.25) is 0 Å². The number of carbonyl (C=O) groups is 1. The van der Waals surface area contributed by atoms with Gasteiger partial charge in [-0.05, 0) is 98.2 Å². The quantitative estimate of drug-likeness (QED) is 0.422. The fourth-order valence-corrected chi connectivity index (χ4v) is 9.28. The molecular formula is C30H46O5. The first kappa shape index (κ1) is 25.5. The monoisotopic (exact) mass is 486 g/mol. The largest absolute Gasteiger partial charge is 0.457 e. The van der Waals surface area contributed by atoms with Crippen molar-refractivity contribution in [2.75, 3.05) is 0 Å². The Labute approximate surface area is 211 Å². The summed E-state index contributed by atoms with van der Waals surface area (Å²) in [6.45, 7) is 12.5. The first-order chi connectivity index (χ1) is 16.6. The van der Waals surface area contributed by atoms with Gasteiger partial charge >= 0.3 is 5.97 Å². The second-order valence-corrected chi connectivity index (χ2v) is 13.0. The molecule has 2 N–H and O–H groups in total. The average molecular weight is 487 g/mol. The molecule has 0 aromatic heterocycles. The molecule has 0 bridgehead atoms. The molecule has 0 aromatic carbocycles. The van der Waals surface area contributed by atoms with Crippen molar-refractivity contribution in [1.29, 1.82) is 0 Å². The van der Waals surface area contributed by atoms with Crippen LogP contribution in [0.5, 0.6) is 0 Å². The second kappa shape index (κ2) is 9.29. The lowest BCUT2D eigenvalue weighted by atomic mass is 9.47. The zero-order valence-electron chi connectivity index (χ0n) is 22.1. The van der Waals surface area contributed by atoms with Crippen molar-refractivity contribution in [3.8, 4) is 0 Å². The molecular weight excluding hydrogens is 440 g/mol. The molecule has 196 valence electrons. The Balaban J connectivity index is 1.30. The molecule has 0 spiro atoms. The highest BCUT2D eigenvalue weighted by molar-refractivity contribution is 5.66. The standard InChI is InChI=1S/C30H46O5/c1-6-19-8-10-23-22-9-7-20-16-21(11-13-30(20,5)24(22)12-14-29(19,23)4)35-25-15-17(2)26(32)27(33)28(25)34-18(3)31/h6-7,17,19,21-28,32-33H,1,8-16H2,2-5H3/t17-,19?,21+,22+,23+,24?,25?,26-,27-,28-,29-,30+/m1/s1. The van der Waals surface area contributed by atoms with E-state index in [1.165, 1.54) is 39.0 Å². The third-order valence-electron chi connectivity index (χ3n) is 11.3. The summed E-state index contributed by atoms with van der Waals surface area (Å²) in [5, 5.41) is 21.0. The van der Waals surface area contributed by atoms with E-state index in [0.717, 1.165) is 37.0 Å². The summed E-state index contributed by atoms with van der Waals surface area (Å²) in [5.41, 5.74) is 2.24. The van der Waals surface area contributed by atoms with Gasteiger partial charge in [-0.1, -0.05) is 38.5 Å². The van der Waals surface area contributed by atoms with Crippen molar-refractivity contribution in [2.24, 2.45) is 40.4 Å². The van der Waals surface area contributed by atoms with Gasteiger partial charge in [0.25, 0.3) is 0 Å². The molecule has 35 heavy (non-hydrogen) atoms. The Bertz CT molecular complexity index is 867. The third-order valence-corrected chi connectivity index (χ3v) is 11.3. The molecule has 0 aliphatic heterocycles. The van der Waals surface area contributed by atoms with Crippen LogP contribution in [0.3, 0.4) is 0 Å². The third kappa shape index (κ3) is 4.14. The number of rotatable bonds is 4. The lowest BCUT2D eigenvalue weighted by Gasteiger charge is -2.58. The Morgan fingerprint density at radius 2 is 1.89 bits per heavy atom. The summed E-state index contributed by atoms with van der Waals surface area (Å²) < 4.78 is 12.0. The van der Waals surface area contributed by atoms with Crippen LogP contribution in [0.15, 0.2) is 24.3 Å². The molecule has 5 aliphatic rings. The van der Waals surface area contributed by atoms with Crippen LogP contribution in [0.25, 0.3) is 0 Å². The van der Waals surface area contributed by atoms with E-state index in [-0.39, 0.29) is 23.5 Å². The molecule has 5 rings (SSSR count). The highest BCUT2D eigenvalue weighted by Crippen LogP contribution is 2.66. The van der Waals surface area contributed by atoms with Gasteiger partial charge in [0, 0.05) is 6.92 Å². The summed E-state index contributed by atoms with van der Waals surface area (Å²) in [6, 6.07) is 0. The van der Waals surface area contributed by atoms with E-state index in [1.807, 2.05) is 6.92 Å². The van der Waals surface area contributed by atoms with Crippen LogP contribution in [0.1, 0.15) is 85.5 Å². The van der Waals surface area contributed by atoms with Crippen LogP contribution >= 0.6 is 0 Å². The molecule has 0 radical (unpaired) electrons. The molecule has 0 amide bonds. The number of carbonyl (C=O) groups excluding carboxylic acids is 1. The van der Waals surface area contributed by atoms with Gasteiger partial charge in [0.05, 0.1) is 18.3 Å². The lowest BCUT2D eigenvalue weighted by molar-refractivity contribution is -0.206. The smallest absolute Gasteiger partial charge is 0.303 e. The predicted octanol–water partition coefficient (Wildman–Crippen LogP) is 5.20. The molecule has 0 saturated heterocycles. The molecule has 5 aliphatic carbocycles. The molecule has 5 nitrogen and oxygen atoms in total. The van der Waals surface area contributed by atoms with E-state index < -0.39 is 24.3 Å². The van der Waals surface area contributed by atoms with Gasteiger partial charge in [-0.25, -0.2) is 0 Å². The lowest BCUT2D eigenvalue weighted by Crippen LogP contribution is -2.56. The van der Waals surface area contributed by atoms with E-state index in [9.17, 15) is 15.0 Å². The maximum absolute atomic E-state index is 11.7. The first-order valence-electron chi connectivity index (χ1n) is 14.1. The van der Waals surface area contributed by atoms with Gasteiger partial charge in [-0.15, -0.1) is 6.58 Å². The van der Waals surface area contributed by atoms with Gasteiger partial charge < -0.3 is 19.7 Å². The van der Waals surface area contributed by atoms with Crippen LogP contribution < -0.4 is 0 Å². The number of esters is 1. The fourth-order valence-electron chi connectivity index (χ4n) is 9.28. The Kier molecular flexibility index (Phi) is 6.76. The number of fused-ring (bicyclic) bond motifs is 5. The highest BCUT2D eigenvalue weighted by atomic mass is 16.6. The summed E-state index contributed by atoms with van der Waals surface area (Å²) in [4.78, 5) is 11.7. The highest BCUT2D eigenvalue weighted by Gasteiger charge is 2.58. The number of hydrogen-bond donors (Lipinski definition) is 2. The van der Waals surface area contributed by atoms with Crippen LogP contribution in [0.4, 0.5) is 0 Å². The number of allylic oxidation sites excluding steroid dienone is 2. The number of ether oxygens (including phenoxy) is 2. The number of hydrogen-bond acceptors (Lipinski definition) is 5.